The zero-order valence-electron chi connectivity index (χ0n) is 30.8. The van der Waals surface area contributed by atoms with Crippen molar-refractivity contribution in [1.82, 2.24) is 10.6 Å². The molecule has 0 aromatic carbocycles. The molecule has 0 aliphatic rings. The Hall–Kier alpha value is -7.29. The van der Waals surface area contributed by atoms with E-state index in [4.69, 9.17) is 37.8 Å². The number of nitrogens with two attached hydrogens (primary N) is 1. The molecule has 0 rings (SSSR count). The summed E-state index contributed by atoms with van der Waals surface area (Å²) >= 11 is 5.11. The second kappa shape index (κ2) is 43.1. The lowest BCUT2D eigenvalue weighted by atomic mass is 10.1. The first-order chi connectivity index (χ1) is 27.3. The molecule has 0 heterocycles. The number of hydrogen-bond donors (Lipinski definition) is 4. The van der Waals surface area contributed by atoms with Crippen LogP contribution in [0.5, 0.6) is 0 Å². The summed E-state index contributed by atoms with van der Waals surface area (Å²) in [5.41, 5.74) is 11.5. The van der Waals surface area contributed by atoms with Gasteiger partial charge in [0.2, 0.25) is 0 Å². The summed E-state index contributed by atoms with van der Waals surface area (Å²) in [5.74, 6) is -2.35. The monoisotopic (exact) mass is 839 g/mol. The minimum Gasteiger partial charge on any atom is -0.469 e. The largest absolute Gasteiger partial charge is 0.469 e. The van der Waals surface area contributed by atoms with Gasteiger partial charge in [-0.15, -0.1) is 0 Å². The van der Waals surface area contributed by atoms with Crippen LogP contribution in [0.15, 0.2) is 88.9 Å². The van der Waals surface area contributed by atoms with Gasteiger partial charge in [0.15, 0.2) is 5.11 Å². The number of thiocarbonyl (C=S) groups is 1. The van der Waals surface area contributed by atoms with Crippen LogP contribution in [0.25, 0.3) is 0 Å². The van der Waals surface area contributed by atoms with Gasteiger partial charge in [-0.3, -0.25) is 14.4 Å². The summed E-state index contributed by atoms with van der Waals surface area (Å²) in [4.78, 5) is 72.1. The SMILES string of the molecule is CCC[C@H](NC(=S)N[C@@H](CCC(=O)OC)C(=O)OC)C(=O)OC.COC(=O)CC[C@H](N)C(=O)OC.N=N/N=N/N=N/N=N/N=N/N=N/N=N/N=N/N=NF.O=C=O. The lowest BCUT2D eigenvalue weighted by Gasteiger charge is -2.22. The average molecular weight is 840 g/mol. The molecule has 5 N–H and O–H groups in total. The van der Waals surface area contributed by atoms with Gasteiger partial charge in [0.1, 0.15) is 18.1 Å². The van der Waals surface area contributed by atoms with Crippen LogP contribution in [0.4, 0.5) is 4.48 Å². The molecule has 33 nitrogen and oxygen atoms in total. The molecule has 0 saturated heterocycles. The van der Waals surface area contributed by atoms with E-state index in [1.165, 1.54) is 35.5 Å². The predicted molar refractivity (Wildman–Crippen MR) is 178 cm³/mol. The Morgan fingerprint density at radius 3 is 1.26 bits per heavy atom. The molecular weight excluding hydrogens is 801 g/mol. The van der Waals surface area contributed by atoms with Crippen LogP contribution in [-0.4, -0.2) is 94.8 Å². The summed E-state index contributed by atoms with van der Waals surface area (Å²) in [6, 6.07) is -2.17. The van der Waals surface area contributed by atoms with Crippen molar-refractivity contribution < 1.29 is 61.7 Å². The summed E-state index contributed by atoms with van der Waals surface area (Å²) in [6.07, 6.45) is 2.09. The van der Waals surface area contributed by atoms with E-state index in [1.807, 2.05) is 6.92 Å². The fourth-order valence-electron chi connectivity index (χ4n) is 2.71. The van der Waals surface area contributed by atoms with Gasteiger partial charge in [-0.2, -0.15) is 15.1 Å². The van der Waals surface area contributed by atoms with Crippen LogP contribution < -0.4 is 16.4 Å². The van der Waals surface area contributed by atoms with Crippen molar-refractivity contribution in [2.75, 3.05) is 35.5 Å². The van der Waals surface area contributed by atoms with Crippen LogP contribution in [0.2, 0.25) is 0 Å². The minimum absolute atomic E-state index is 0.0290. The normalized spacial score (nSPS) is 12.4. The first-order valence-electron chi connectivity index (χ1n) is 14.7. The number of halogens is 1. The maximum atomic E-state index is 11.7. The molecule has 0 spiro atoms. The third-order valence-electron chi connectivity index (χ3n) is 5.05. The smallest absolute Gasteiger partial charge is 0.373 e. The Morgan fingerprint density at radius 1 is 0.614 bits per heavy atom. The zero-order valence-corrected chi connectivity index (χ0v) is 31.7. The lowest BCUT2D eigenvalue weighted by molar-refractivity contribution is -0.192. The molecule has 57 heavy (non-hydrogen) atoms. The molecular formula is C22H38FN21O12S. The standard InChI is InChI=1S/C14H24N2O6S.C7H13NO4.CO2.FHN18/c1-5-6-9(12(18)21-3)15-14(23)16-10(13(19)22-4)7-8-11(17)20-2;1-11-6(9)4-3-5(8)7(10)12-2;2-1-3;1-3-5-7-9-11-13-15-17-19-18-16-14-12-10-8-6-4-2/h9-10H,5-8H2,1-4H3,(H2,15,16,23);5H,3-4,8H2,1-2H3;;2H/b;;;4-2?,5-3?,8-6+,9-7+,12-10+,13-11+,16-14+,17-15+,19-18+/t9-,10-;5-;;/m00../s1. The van der Waals surface area contributed by atoms with Gasteiger partial charge in [0.05, 0.1) is 35.5 Å². The van der Waals surface area contributed by atoms with E-state index in [1.54, 1.807) is 5.34 Å². The van der Waals surface area contributed by atoms with Crippen molar-refractivity contribution in [3.8, 4) is 0 Å². The van der Waals surface area contributed by atoms with Crippen LogP contribution >= 0.6 is 12.2 Å². The highest BCUT2D eigenvalue weighted by atomic mass is 32.1. The summed E-state index contributed by atoms with van der Waals surface area (Å²) in [5, 5.41) is 52.5. The number of nitrogens with one attached hydrogen (secondary N) is 3. The lowest BCUT2D eigenvalue weighted by Crippen LogP contribution is -2.51. The fourth-order valence-corrected chi connectivity index (χ4v) is 2.99. The predicted octanol–water partition coefficient (Wildman–Crippen LogP) is 2.98. The Labute approximate surface area is 325 Å². The Morgan fingerprint density at radius 2 is 0.947 bits per heavy atom. The van der Waals surface area contributed by atoms with Crippen molar-refractivity contribution in [3.63, 3.8) is 0 Å². The number of hydrogen-bond acceptors (Lipinski definition) is 16. The number of carbonyl (C=O) groups excluding carboxylic acids is 7. The topological polar surface area (TPSA) is 450 Å². The Kier molecular flexibility index (Phi) is 42.7. The maximum Gasteiger partial charge on any atom is 0.373 e. The summed E-state index contributed by atoms with van der Waals surface area (Å²) in [6.45, 7) is 1.92. The van der Waals surface area contributed by atoms with E-state index in [-0.39, 0.29) is 42.9 Å². The van der Waals surface area contributed by atoms with Gasteiger partial charge in [0, 0.05) is 60.0 Å². The van der Waals surface area contributed by atoms with Gasteiger partial charge in [-0.05, 0) is 73.3 Å². The second-order valence-electron chi connectivity index (χ2n) is 8.52. The van der Waals surface area contributed by atoms with Crippen LogP contribution in [0.1, 0.15) is 45.4 Å². The van der Waals surface area contributed by atoms with E-state index in [9.17, 15) is 28.5 Å². The highest BCUT2D eigenvalue weighted by molar-refractivity contribution is 7.80. The zero-order chi connectivity index (χ0) is 44.1. The quantitative estimate of drug-likeness (QED) is 0.0424. The van der Waals surface area contributed by atoms with E-state index in [0.29, 0.717) is 6.42 Å². The molecule has 0 aromatic rings. The highest BCUT2D eigenvalue weighted by Gasteiger charge is 2.24. The molecule has 316 valence electrons. The van der Waals surface area contributed by atoms with Crippen molar-refractivity contribution in [1.29, 1.82) is 5.53 Å². The molecule has 0 radical (unpaired) electrons. The minimum atomic E-state index is -0.820. The molecule has 0 aliphatic heterocycles. The van der Waals surface area contributed by atoms with Crippen molar-refractivity contribution in [2.45, 2.75) is 63.6 Å². The third kappa shape index (κ3) is 39.7. The van der Waals surface area contributed by atoms with E-state index < -0.39 is 42.0 Å². The number of rotatable bonds is 21. The van der Waals surface area contributed by atoms with Crippen molar-refractivity contribution >= 4 is 53.3 Å². The summed E-state index contributed by atoms with van der Waals surface area (Å²) in [7, 11) is 6.32. The fraction of sp³-hybridized carbons (Fsp3) is 0.682. The summed E-state index contributed by atoms with van der Waals surface area (Å²) < 4.78 is 33.6. The number of carbonyl (C=O) groups is 5. The van der Waals surface area contributed by atoms with Gasteiger partial charge in [-0.25, -0.2) is 9.59 Å². The first-order valence-corrected chi connectivity index (χ1v) is 15.1. The van der Waals surface area contributed by atoms with Crippen molar-refractivity contribution in [2.24, 2.45) is 94.6 Å². The van der Waals surface area contributed by atoms with Crippen LogP contribution in [-0.2, 0) is 57.2 Å². The molecule has 3 atom stereocenters. The van der Waals surface area contributed by atoms with Crippen LogP contribution in [0, 0.1) is 5.53 Å². The van der Waals surface area contributed by atoms with Gasteiger partial charge < -0.3 is 40.1 Å². The van der Waals surface area contributed by atoms with E-state index >= 15 is 0 Å². The first kappa shape index (κ1) is 56.4. The van der Waals surface area contributed by atoms with Crippen LogP contribution in [0.3, 0.4) is 0 Å². The molecule has 0 fully saturated rings. The highest BCUT2D eigenvalue weighted by Crippen LogP contribution is 2.04. The Balaban J connectivity index is -0.000000372. The number of ether oxygens (including phenoxy) is 5. The Bertz CT molecular complexity index is 1470. The number of methoxy groups -OCH3 is 5. The molecule has 0 aliphatic carbocycles. The molecule has 0 unspecified atom stereocenters. The second-order valence-corrected chi connectivity index (χ2v) is 8.93. The molecule has 0 bridgehead atoms. The third-order valence-corrected chi connectivity index (χ3v) is 5.29. The molecule has 0 aromatic heterocycles. The van der Waals surface area contributed by atoms with E-state index in [0.717, 1.165) is 6.42 Å². The molecule has 0 amide bonds. The van der Waals surface area contributed by atoms with Gasteiger partial charge in [0.25, 0.3) is 0 Å². The average Bonchev–Trinajstić information content (AvgIpc) is 3.22. The number of nitrogens with zero attached hydrogens (tertiary/aromatic N) is 17. The molecule has 35 heteroatoms. The number of esters is 5. The van der Waals surface area contributed by atoms with Gasteiger partial charge >= 0.3 is 36.0 Å². The van der Waals surface area contributed by atoms with E-state index in [2.05, 4.69) is 113 Å². The molecule has 0 saturated carbocycles. The maximum absolute atomic E-state index is 11.7. The van der Waals surface area contributed by atoms with Gasteiger partial charge in [-0.1, -0.05) is 17.8 Å². The van der Waals surface area contributed by atoms with Crippen molar-refractivity contribution in [3.05, 3.63) is 0 Å².